The lowest BCUT2D eigenvalue weighted by Gasteiger charge is -2.35. The minimum atomic E-state index is 0.0415. The molecule has 2 aromatic rings. The SMILES string of the molecule is CCc1cccc(C)c1NC(=O)CN1CCNCC1c1cccnc1. The van der Waals surface area contributed by atoms with Crippen LogP contribution in [0.25, 0.3) is 0 Å². The molecule has 0 saturated carbocycles. The van der Waals surface area contributed by atoms with E-state index in [4.69, 9.17) is 0 Å². The summed E-state index contributed by atoms with van der Waals surface area (Å²) >= 11 is 0. The van der Waals surface area contributed by atoms with Crippen LogP contribution in [0.5, 0.6) is 0 Å². The van der Waals surface area contributed by atoms with Gasteiger partial charge >= 0.3 is 0 Å². The Kier molecular flexibility index (Phi) is 5.79. The molecule has 1 aliphatic rings. The minimum Gasteiger partial charge on any atom is -0.324 e. The number of aryl methyl sites for hydroxylation is 2. The van der Waals surface area contributed by atoms with Gasteiger partial charge in [-0.2, -0.15) is 0 Å². The number of hydrogen-bond donors (Lipinski definition) is 2. The zero-order chi connectivity index (χ0) is 17.6. The predicted molar refractivity (Wildman–Crippen MR) is 101 cm³/mol. The second-order valence-corrected chi connectivity index (χ2v) is 6.49. The Labute approximate surface area is 149 Å². The van der Waals surface area contributed by atoms with E-state index >= 15 is 0 Å². The number of hydrogen-bond acceptors (Lipinski definition) is 4. The smallest absolute Gasteiger partial charge is 0.238 e. The summed E-state index contributed by atoms with van der Waals surface area (Å²) in [4.78, 5) is 19.1. The van der Waals surface area contributed by atoms with Crippen molar-refractivity contribution in [1.82, 2.24) is 15.2 Å². The molecule has 0 spiro atoms. The molecule has 0 radical (unpaired) electrons. The molecule has 2 N–H and O–H groups in total. The number of nitrogens with zero attached hydrogens (tertiary/aromatic N) is 2. The zero-order valence-electron chi connectivity index (χ0n) is 15.0. The van der Waals surface area contributed by atoms with E-state index in [0.29, 0.717) is 6.54 Å². The number of piperazine rings is 1. The topological polar surface area (TPSA) is 57.3 Å². The van der Waals surface area contributed by atoms with Crippen LogP contribution in [-0.2, 0) is 11.2 Å². The van der Waals surface area contributed by atoms with Crippen molar-refractivity contribution < 1.29 is 4.79 Å². The summed E-state index contributed by atoms with van der Waals surface area (Å²) in [6.45, 7) is 7.12. The molecule has 5 heteroatoms. The molecule has 1 amide bonds. The second kappa shape index (κ2) is 8.23. The van der Waals surface area contributed by atoms with Gasteiger partial charge in [-0.15, -0.1) is 0 Å². The molecule has 1 saturated heterocycles. The van der Waals surface area contributed by atoms with Crippen LogP contribution in [0.3, 0.4) is 0 Å². The molecule has 0 aliphatic carbocycles. The van der Waals surface area contributed by atoms with Gasteiger partial charge < -0.3 is 10.6 Å². The van der Waals surface area contributed by atoms with Crippen molar-refractivity contribution in [3.05, 3.63) is 59.4 Å². The maximum Gasteiger partial charge on any atom is 0.238 e. The third-order valence-corrected chi connectivity index (χ3v) is 4.77. The molecule has 1 aromatic carbocycles. The first-order valence-electron chi connectivity index (χ1n) is 8.92. The van der Waals surface area contributed by atoms with Crippen molar-refractivity contribution in [2.24, 2.45) is 0 Å². The highest BCUT2D eigenvalue weighted by atomic mass is 16.2. The fraction of sp³-hybridized carbons (Fsp3) is 0.400. The lowest BCUT2D eigenvalue weighted by atomic mass is 10.0. The zero-order valence-corrected chi connectivity index (χ0v) is 15.0. The molecule has 1 atom stereocenters. The van der Waals surface area contributed by atoms with Crippen molar-refractivity contribution in [2.45, 2.75) is 26.3 Å². The molecule has 132 valence electrons. The number of benzene rings is 1. The van der Waals surface area contributed by atoms with E-state index in [1.54, 1.807) is 6.20 Å². The lowest BCUT2D eigenvalue weighted by Crippen LogP contribution is -2.48. The van der Waals surface area contributed by atoms with Gasteiger partial charge in [0.1, 0.15) is 0 Å². The van der Waals surface area contributed by atoms with Crippen molar-refractivity contribution in [1.29, 1.82) is 0 Å². The number of nitrogens with one attached hydrogen (secondary N) is 2. The van der Waals surface area contributed by atoms with Crippen LogP contribution in [0.4, 0.5) is 5.69 Å². The van der Waals surface area contributed by atoms with E-state index in [9.17, 15) is 4.79 Å². The Balaban J connectivity index is 1.71. The third kappa shape index (κ3) is 4.24. The molecule has 25 heavy (non-hydrogen) atoms. The van der Waals surface area contributed by atoms with Gasteiger partial charge in [-0.3, -0.25) is 14.7 Å². The van der Waals surface area contributed by atoms with Gasteiger partial charge in [-0.05, 0) is 36.1 Å². The summed E-state index contributed by atoms with van der Waals surface area (Å²) in [6, 6.07) is 10.4. The highest BCUT2D eigenvalue weighted by Crippen LogP contribution is 2.23. The Bertz CT molecular complexity index is 717. The number of pyridine rings is 1. The quantitative estimate of drug-likeness (QED) is 0.880. The largest absolute Gasteiger partial charge is 0.324 e. The first kappa shape index (κ1) is 17.6. The fourth-order valence-electron chi connectivity index (χ4n) is 3.40. The molecule has 1 fully saturated rings. The average Bonchev–Trinajstić information content (AvgIpc) is 2.64. The van der Waals surface area contributed by atoms with E-state index in [-0.39, 0.29) is 11.9 Å². The van der Waals surface area contributed by atoms with Crippen molar-refractivity contribution in [2.75, 3.05) is 31.5 Å². The maximum atomic E-state index is 12.7. The summed E-state index contributed by atoms with van der Waals surface area (Å²) < 4.78 is 0. The second-order valence-electron chi connectivity index (χ2n) is 6.49. The number of carbonyl (C=O) groups is 1. The molecule has 1 unspecified atom stereocenters. The van der Waals surface area contributed by atoms with Gasteiger partial charge in [0.2, 0.25) is 5.91 Å². The van der Waals surface area contributed by atoms with Crippen molar-refractivity contribution >= 4 is 11.6 Å². The van der Waals surface area contributed by atoms with Gasteiger partial charge in [0, 0.05) is 43.8 Å². The number of anilines is 1. The lowest BCUT2D eigenvalue weighted by molar-refractivity contribution is -0.118. The minimum absolute atomic E-state index is 0.0415. The summed E-state index contributed by atoms with van der Waals surface area (Å²) in [5.41, 5.74) is 4.39. The summed E-state index contributed by atoms with van der Waals surface area (Å²) in [6.07, 6.45) is 4.57. The van der Waals surface area contributed by atoms with Crippen LogP contribution in [0.1, 0.15) is 29.7 Å². The molecular formula is C20H26N4O. The Morgan fingerprint density at radius 2 is 2.24 bits per heavy atom. The summed E-state index contributed by atoms with van der Waals surface area (Å²) in [7, 11) is 0. The van der Waals surface area contributed by atoms with E-state index in [2.05, 4.69) is 39.6 Å². The molecule has 1 aliphatic heterocycles. The predicted octanol–water partition coefficient (Wildman–Crippen LogP) is 2.54. The molecule has 1 aromatic heterocycles. The Hall–Kier alpha value is -2.24. The number of carbonyl (C=O) groups excluding carboxylic acids is 1. The van der Waals surface area contributed by atoms with Gasteiger partial charge in [0.25, 0.3) is 0 Å². The fourth-order valence-corrected chi connectivity index (χ4v) is 3.40. The van der Waals surface area contributed by atoms with Crippen LogP contribution in [0, 0.1) is 6.92 Å². The van der Waals surface area contributed by atoms with Crippen molar-refractivity contribution in [3.63, 3.8) is 0 Å². The van der Waals surface area contributed by atoms with Crippen LogP contribution >= 0.6 is 0 Å². The van der Waals surface area contributed by atoms with E-state index in [1.807, 2.05) is 31.3 Å². The van der Waals surface area contributed by atoms with Crippen molar-refractivity contribution in [3.8, 4) is 0 Å². The number of para-hydroxylation sites is 1. The van der Waals surface area contributed by atoms with E-state index < -0.39 is 0 Å². The Morgan fingerprint density at radius 3 is 3.00 bits per heavy atom. The molecule has 3 rings (SSSR count). The normalized spacial score (nSPS) is 18.1. The number of rotatable bonds is 5. The first-order valence-corrected chi connectivity index (χ1v) is 8.92. The molecule has 2 heterocycles. The first-order chi connectivity index (χ1) is 12.2. The van der Waals surface area contributed by atoms with Gasteiger partial charge in [0.15, 0.2) is 0 Å². The summed E-state index contributed by atoms with van der Waals surface area (Å²) in [5.74, 6) is 0.0415. The van der Waals surface area contributed by atoms with Crippen LogP contribution in [0.2, 0.25) is 0 Å². The van der Waals surface area contributed by atoms with Crippen LogP contribution in [0.15, 0.2) is 42.7 Å². The van der Waals surface area contributed by atoms with Crippen LogP contribution < -0.4 is 10.6 Å². The van der Waals surface area contributed by atoms with Gasteiger partial charge in [0.05, 0.1) is 6.54 Å². The monoisotopic (exact) mass is 338 g/mol. The Morgan fingerprint density at radius 1 is 1.36 bits per heavy atom. The van der Waals surface area contributed by atoms with E-state index in [1.165, 1.54) is 5.56 Å². The van der Waals surface area contributed by atoms with E-state index in [0.717, 1.165) is 42.9 Å². The molecular weight excluding hydrogens is 312 g/mol. The van der Waals surface area contributed by atoms with Crippen LogP contribution in [-0.4, -0.2) is 42.0 Å². The highest BCUT2D eigenvalue weighted by Gasteiger charge is 2.25. The standard InChI is InChI=1S/C20H26N4O/c1-3-16-7-4-6-15(2)20(16)23-19(25)14-24-11-10-22-13-18(24)17-8-5-9-21-12-17/h4-9,12,18,22H,3,10-11,13-14H2,1-2H3,(H,23,25). The molecule has 5 nitrogen and oxygen atoms in total. The summed E-state index contributed by atoms with van der Waals surface area (Å²) in [5, 5.41) is 6.54. The highest BCUT2D eigenvalue weighted by molar-refractivity contribution is 5.93. The van der Waals surface area contributed by atoms with Gasteiger partial charge in [-0.25, -0.2) is 0 Å². The molecule has 0 bridgehead atoms. The maximum absolute atomic E-state index is 12.7. The number of aromatic nitrogens is 1. The number of amides is 1. The average molecular weight is 338 g/mol. The third-order valence-electron chi connectivity index (χ3n) is 4.77. The van der Waals surface area contributed by atoms with Gasteiger partial charge in [-0.1, -0.05) is 31.2 Å².